The molecule has 1 aliphatic carbocycles. The van der Waals surface area contributed by atoms with Gasteiger partial charge in [-0.25, -0.2) is 4.98 Å². The molecule has 2 saturated heterocycles. The minimum absolute atomic E-state index is 0.633. The fourth-order valence-electron chi connectivity index (χ4n) is 4.25. The van der Waals surface area contributed by atoms with E-state index in [0.717, 1.165) is 43.9 Å². The lowest BCUT2D eigenvalue weighted by molar-refractivity contribution is 0.0859. The average Bonchev–Trinajstić information content (AvgIpc) is 2.60. The maximum Gasteiger partial charge on any atom is 0.146 e. The molecule has 0 aromatic carbocycles. The van der Waals surface area contributed by atoms with Gasteiger partial charge in [0.15, 0.2) is 0 Å². The van der Waals surface area contributed by atoms with Crippen molar-refractivity contribution in [3.8, 4) is 6.07 Å². The van der Waals surface area contributed by atoms with Crippen LogP contribution >= 0.6 is 0 Å². The minimum atomic E-state index is 0.633. The van der Waals surface area contributed by atoms with Gasteiger partial charge in [0.2, 0.25) is 0 Å². The van der Waals surface area contributed by atoms with E-state index in [1.807, 2.05) is 0 Å². The van der Waals surface area contributed by atoms with E-state index in [1.54, 1.807) is 0 Å². The summed E-state index contributed by atoms with van der Waals surface area (Å²) in [5.74, 6) is 0.932. The van der Waals surface area contributed by atoms with Crippen LogP contribution in [0, 0.1) is 11.3 Å². The summed E-state index contributed by atoms with van der Waals surface area (Å²) in [6, 6.07) is 5.11. The van der Waals surface area contributed by atoms with E-state index < -0.39 is 0 Å². The van der Waals surface area contributed by atoms with E-state index >= 15 is 0 Å². The molecular formula is C19H27N5. The zero-order chi connectivity index (χ0) is 16.5. The summed E-state index contributed by atoms with van der Waals surface area (Å²) < 4.78 is 0. The van der Waals surface area contributed by atoms with Crippen molar-refractivity contribution in [1.29, 1.82) is 5.26 Å². The molecule has 128 valence electrons. The Bertz CT molecular complexity index is 636. The SMILES string of the molecule is CCN1CCN(C2CN(c3nc4c(cc3C#N)CCCC4)C2)CC1. The molecule has 3 heterocycles. The second-order valence-electron chi connectivity index (χ2n) is 7.31. The van der Waals surface area contributed by atoms with Gasteiger partial charge >= 0.3 is 0 Å². The van der Waals surface area contributed by atoms with Crippen LogP contribution in [-0.4, -0.2) is 66.6 Å². The Morgan fingerprint density at radius 3 is 2.62 bits per heavy atom. The second-order valence-corrected chi connectivity index (χ2v) is 7.31. The van der Waals surface area contributed by atoms with Gasteiger partial charge in [-0.2, -0.15) is 5.26 Å². The Morgan fingerprint density at radius 1 is 1.17 bits per heavy atom. The van der Waals surface area contributed by atoms with Crippen molar-refractivity contribution >= 4 is 5.82 Å². The van der Waals surface area contributed by atoms with E-state index in [2.05, 4.69) is 33.8 Å². The highest BCUT2D eigenvalue weighted by Gasteiger charge is 2.35. The summed E-state index contributed by atoms with van der Waals surface area (Å²) in [5.41, 5.74) is 3.30. The van der Waals surface area contributed by atoms with Gasteiger partial charge in [-0.05, 0) is 43.9 Å². The topological polar surface area (TPSA) is 46.4 Å². The molecule has 0 atom stereocenters. The van der Waals surface area contributed by atoms with Crippen LogP contribution in [0.1, 0.15) is 36.6 Å². The van der Waals surface area contributed by atoms with Crippen LogP contribution < -0.4 is 4.90 Å². The second kappa shape index (κ2) is 6.70. The number of rotatable bonds is 3. The van der Waals surface area contributed by atoms with Gasteiger partial charge < -0.3 is 9.80 Å². The van der Waals surface area contributed by atoms with E-state index in [0.29, 0.717) is 6.04 Å². The van der Waals surface area contributed by atoms with Gasteiger partial charge in [-0.3, -0.25) is 4.90 Å². The molecule has 2 fully saturated rings. The third-order valence-corrected chi connectivity index (χ3v) is 5.93. The first kappa shape index (κ1) is 15.9. The smallest absolute Gasteiger partial charge is 0.146 e. The molecule has 2 aliphatic heterocycles. The zero-order valence-corrected chi connectivity index (χ0v) is 14.7. The molecule has 5 nitrogen and oxygen atoms in total. The molecule has 0 bridgehead atoms. The van der Waals surface area contributed by atoms with Crippen LogP contribution in [0.4, 0.5) is 5.82 Å². The number of likely N-dealkylation sites (N-methyl/N-ethyl adjacent to an activating group) is 1. The third kappa shape index (κ3) is 2.89. The molecule has 0 spiro atoms. The maximum absolute atomic E-state index is 9.53. The van der Waals surface area contributed by atoms with Crippen molar-refractivity contribution in [1.82, 2.24) is 14.8 Å². The van der Waals surface area contributed by atoms with E-state index in [1.165, 1.54) is 50.3 Å². The quantitative estimate of drug-likeness (QED) is 0.846. The van der Waals surface area contributed by atoms with Crippen LogP contribution in [-0.2, 0) is 12.8 Å². The molecule has 4 rings (SSSR count). The normalized spacial score (nSPS) is 22.8. The zero-order valence-electron chi connectivity index (χ0n) is 14.7. The van der Waals surface area contributed by atoms with Crippen LogP contribution in [0.5, 0.6) is 0 Å². The number of hydrogen-bond acceptors (Lipinski definition) is 5. The van der Waals surface area contributed by atoms with Gasteiger partial charge in [0.05, 0.1) is 5.56 Å². The fourth-order valence-corrected chi connectivity index (χ4v) is 4.25. The minimum Gasteiger partial charge on any atom is -0.352 e. The predicted molar refractivity (Wildman–Crippen MR) is 95.3 cm³/mol. The molecule has 1 aromatic rings. The Labute approximate surface area is 144 Å². The molecule has 0 radical (unpaired) electrons. The monoisotopic (exact) mass is 325 g/mol. The number of aromatic nitrogens is 1. The average molecular weight is 325 g/mol. The Morgan fingerprint density at radius 2 is 1.92 bits per heavy atom. The Balaban J connectivity index is 1.42. The third-order valence-electron chi connectivity index (χ3n) is 5.93. The van der Waals surface area contributed by atoms with Crippen molar-refractivity contribution in [2.75, 3.05) is 50.7 Å². The molecule has 0 N–H and O–H groups in total. The van der Waals surface area contributed by atoms with E-state index in [9.17, 15) is 5.26 Å². The molecule has 0 saturated carbocycles. The molecule has 0 unspecified atom stereocenters. The van der Waals surface area contributed by atoms with E-state index in [-0.39, 0.29) is 0 Å². The molecule has 24 heavy (non-hydrogen) atoms. The van der Waals surface area contributed by atoms with Gasteiger partial charge in [0, 0.05) is 51.0 Å². The lowest BCUT2D eigenvalue weighted by Gasteiger charge is -2.48. The van der Waals surface area contributed by atoms with Crippen molar-refractivity contribution < 1.29 is 0 Å². The summed E-state index contributed by atoms with van der Waals surface area (Å²) >= 11 is 0. The number of fused-ring (bicyclic) bond motifs is 1. The van der Waals surface area contributed by atoms with Gasteiger partial charge in [-0.15, -0.1) is 0 Å². The van der Waals surface area contributed by atoms with Gasteiger partial charge in [0.1, 0.15) is 11.9 Å². The van der Waals surface area contributed by atoms with Crippen LogP contribution in [0.15, 0.2) is 6.07 Å². The molecule has 5 heteroatoms. The number of aryl methyl sites for hydroxylation is 2. The summed E-state index contributed by atoms with van der Waals surface area (Å²) in [7, 11) is 0. The van der Waals surface area contributed by atoms with Crippen LogP contribution in [0.3, 0.4) is 0 Å². The molecule has 3 aliphatic rings. The first-order valence-corrected chi connectivity index (χ1v) is 9.42. The number of hydrogen-bond donors (Lipinski definition) is 0. The molecule has 1 aromatic heterocycles. The first-order chi connectivity index (χ1) is 11.8. The van der Waals surface area contributed by atoms with Crippen molar-refractivity contribution in [2.24, 2.45) is 0 Å². The number of pyridine rings is 1. The number of nitriles is 1. The lowest BCUT2D eigenvalue weighted by atomic mass is 9.94. The van der Waals surface area contributed by atoms with Gasteiger partial charge in [-0.1, -0.05) is 6.92 Å². The number of nitrogens with zero attached hydrogens (tertiary/aromatic N) is 5. The summed E-state index contributed by atoms with van der Waals surface area (Å²) in [5, 5.41) is 9.53. The lowest BCUT2D eigenvalue weighted by Crippen LogP contribution is -2.63. The number of piperazine rings is 1. The highest BCUT2D eigenvalue weighted by atomic mass is 15.4. The summed E-state index contributed by atoms with van der Waals surface area (Å²) in [6.45, 7) is 10.2. The maximum atomic E-state index is 9.53. The largest absolute Gasteiger partial charge is 0.352 e. The standard InChI is InChI=1S/C19H27N5/c1-2-22-7-9-23(10-8-22)17-13-24(14-17)19-16(12-20)11-15-5-3-4-6-18(15)21-19/h11,17H,2-10,13-14H2,1H3. The highest BCUT2D eigenvalue weighted by molar-refractivity contribution is 5.58. The number of anilines is 1. The summed E-state index contributed by atoms with van der Waals surface area (Å²) in [4.78, 5) is 12.3. The van der Waals surface area contributed by atoms with Crippen molar-refractivity contribution in [3.63, 3.8) is 0 Å². The predicted octanol–water partition coefficient (Wildman–Crippen LogP) is 1.66. The van der Waals surface area contributed by atoms with Gasteiger partial charge in [0.25, 0.3) is 0 Å². The molecular weight excluding hydrogens is 298 g/mol. The van der Waals surface area contributed by atoms with E-state index in [4.69, 9.17) is 4.98 Å². The summed E-state index contributed by atoms with van der Waals surface area (Å²) in [6.07, 6.45) is 4.62. The van der Waals surface area contributed by atoms with Crippen LogP contribution in [0.2, 0.25) is 0 Å². The first-order valence-electron chi connectivity index (χ1n) is 9.42. The van der Waals surface area contributed by atoms with Crippen molar-refractivity contribution in [2.45, 2.75) is 38.6 Å². The Kier molecular flexibility index (Phi) is 4.43. The highest BCUT2D eigenvalue weighted by Crippen LogP contribution is 2.30. The van der Waals surface area contributed by atoms with Crippen molar-refractivity contribution in [3.05, 3.63) is 22.9 Å². The fraction of sp³-hybridized carbons (Fsp3) is 0.684. The molecule has 0 amide bonds. The van der Waals surface area contributed by atoms with Crippen LogP contribution in [0.25, 0.3) is 0 Å². The Hall–Kier alpha value is -1.64.